The van der Waals surface area contributed by atoms with Gasteiger partial charge in [-0.05, 0) is 25.5 Å². The van der Waals surface area contributed by atoms with Crippen molar-refractivity contribution < 1.29 is 78.7 Å². The van der Waals surface area contributed by atoms with Gasteiger partial charge in [0.2, 0.25) is 0 Å². The van der Waals surface area contributed by atoms with Gasteiger partial charge in [0, 0.05) is 43.4 Å². The maximum Gasteiger partial charge on any atom is 0.490 e. The number of halogens is 9. The molecule has 2 aromatic heterocycles. The molecular weight excluding hydrogens is 661 g/mol. The Morgan fingerprint density at radius 3 is 1.89 bits per heavy atom. The molecule has 0 aromatic carbocycles. The first-order valence-corrected chi connectivity index (χ1v) is 13.1. The molecule has 1 atom stereocenters. The van der Waals surface area contributed by atoms with E-state index >= 15 is 0 Å². The number of likely N-dealkylation sites (tertiary alicyclic amines) is 1. The zero-order valence-corrected chi connectivity index (χ0v) is 23.8. The Hall–Kier alpha value is -3.56. The van der Waals surface area contributed by atoms with Crippen molar-refractivity contribution in [2.24, 2.45) is 0 Å². The fourth-order valence-corrected chi connectivity index (χ4v) is 4.39. The predicted octanol–water partition coefficient (Wildman–Crippen LogP) is 4.70. The lowest BCUT2D eigenvalue weighted by molar-refractivity contribution is -0.200. The van der Waals surface area contributed by atoms with Gasteiger partial charge < -0.3 is 24.8 Å². The second kappa shape index (κ2) is 16.7. The molecule has 2 aliphatic heterocycles. The summed E-state index contributed by atoms with van der Waals surface area (Å²) >= 11 is 1.74. The Morgan fingerprint density at radius 2 is 1.49 bits per heavy atom. The summed E-state index contributed by atoms with van der Waals surface area (Å²) in [6, 6.07) is 5.94. The average Bonchev–Trinajstić information content (AvgIpc) is 3.31. The summed E-state index contributed by atoms with van der Waals surface area (Å²) in [5.74, 6) is -8.27. The van der Waals surface area contributed by atoms with Crippen LogP contribution in [0.5, 0.6) is 0 Å². The van der Waals surface area contributed by atoms with Crippen LogP contribution in [0.1, 0.15) is 29.2 Å². The second-order valence-corrected chi connectivity index (χ2v) is 10.2. The molecule has 3 N–H and O–H groups in total. The van der Waals surface area contributed by atoms with Crippen LogP contribution in [0.4, 0.5) is 39.5 Å². The minimum atomic E-state index is -5.08. The monoisotopic (exact) mass is 687 g/mol. The molecule has 0 radical (unpaired) electrons. The zero-order chi connectivity index (χ0) is 34.6. The van der Waals surface area contributed by atoms with E-state index in [0.29, 0.717) is 6.61 Å². The first-order valence-electron chi connectivity index (χ1n) is 12.2. The van der Waals surface area contributed by atoms with Crippen molar-refractivity contribution in [1.82, 2.24) is 14.9 Å². The predicted molar refractivity (Wildman–Crippen MR) is 134 cm³/mol. The molecule has 2 aromatic rings. The number of carboxylic acid groups (broad SMARTS) is 3. The zero-order valence-electron chi connectivity index (χ0n) is 22.9. The highest BCUT2D eigenvalue weighted by atomic mass is 32.1. The van der Waals surface area contributed by atoms with E-state index in [-0.39, 0.29) is 11.7 Å². The van der Waals surface area contributed by atoms with Crippen molar-refractivity contribution in [1.29, 1.82) is 0 Å². The van der Waals surface area contributed by atoms with E-state index in [1.807, 2.05) is 31.3 Å². The number of hydrogen-bond donors (Lipinski definition) is 3. The third-order valence-corrected chi connectivity index (χ3v) is 6.37. The smallest absolute Gasteiger partial charge is 0.475 e. The topological polar surface area (TPSA) is 159 Å². The van der Waals surface area contributed by atoms with Crippen LogP contribution < -0.4 is 0 Å². The number of ether oxygens (including phenoxy) is 2. The number of aliphatic carboxylic acids is 3. The standard InChI is InChI=1S/C18H23N3O2S.3C2HF3O2/c1-14-11-24-17(20-14)9-21-12-18(13-21)8-16(5-7-23-18)22-10-15-4-2-3-6-19-15;3*3-2(4,5)1(6)7/h2-4,6,11,16H,5,7-10,12-13H2,1H3;3*(H,6,7). The van der Waals surface area contributed by atoms with Crippen LogP contribution in [0.2, 0.25) is 0 Å². The van der Waals surface area contributed by atoms with E-state index in [4.69, 9.17) is 39.2 Å². The molecular formula is C24H26F9N3O8S. The van der Waals surface area contributed by atoms with Crippen LogP contribution in [0.25, 0.3) is 0 Å². The number of carbonyl (C=O) groups is 3. The molecule has 2 saturated heterocycles. The van der Waals surface area contributed by atoms with Crippen molar-refractivity contribution in [3.05, 3.63) is 46.2 Å². The molecule has 1 spiro atoms. The van der Waals surface area contributed by atoms with Gasteiger partial charge in [-0.2, -0.15) is 39.5 Å². The minimum Gasteiger partial charge on any atom is -0.475 e. The highest BCUT2D eigenvalue weighted by Crippen LogP contribution is 2.36. The molecule has 0 amide bonds. The number of hydrogen-bond acceptors (Lipinski definition) is 9. The number of aryl methyl sites for hydroxylation is 1. The first-order chi connectivity index (χ1) is 20.5. The molecule has 2 fully saturated rings. The summed E-state index contributed by atoms with van der Waals surface area (Å²) in [5, 5.41) is 24.7. The first kappa shape index (κ1) is 39.5. The quantitative estimate of drug-likeness (QED) is 0.374. The molecule has 4 rings (SSSR count). The number of aromatic nitrogens is 2. The number of rotatable bonds is 5. The average molecular weight is 688 g/mol. The fourth-order valence-electron chi connectivity index (χ4n) is 3.58. The molecule has 0 saturated carbocycles. The van der Waals surface area contributed by atoms with Crippen molar-refractivity contribution in [2.45, 2.75) is 63.2 Å². The summed E-state index contributed by atoms with van der Waals surface area (Å²) in [7, 11) is 0. The lowest BCUT2D eigenvalue weighted by Crippen LogP contribution is -2.65. The number of nitrogens with zero attached hydrogens (tertiary/aromatic N) is 3. The Balaban J connectivity index is 0.000000396. The molecule has 2 aliphatic rings. The van der Waals surface area contributed by atoms with Gasteiger partial charge >= 0.3 is 36.4 Å². The minimum absolute atomic E-state index is 0.0145. The van der Waals surface area contributed by atoms with Crippen LogP contribution in [0.3, 0.4) is 0 Å². The highest BCUT2D eigenvalue weighted by Gasteiger charge is 2.48. The van der Waals surface area contributed by atoms with E-state index in [1.165, 1.54) is 5.01 Å². The van der Waals surface area contributed by atoms with Crippen LogP contribution in [0.15, 0.2) is 29.8 Å². The lowest BCUT2D eigenvalue weighted by Gasteiger charge is -2.53. The SMILES string of the molecule is Cc1csc(CN2CC3(CC(OCc4ccccn4)CCO3)C2)n1.O=C(O)C(F)(F)F.O=C(O)C(F)(F)F.O=C(O)C(F)(F)F. The summed E-state index contributed by atoms with van der Waals surface area (Å²) in [6.07, 6.45) is -11.2. The summed E-state index contributed by atoms with van der Waals surface area (Å²) in [4.78, 5) is 38.0. The van der Waals surface area contributed by atoms with Crippen LogP contribution >= 0.6 is 11.3 Å². The van der Waals surface area contributed by atoms with Gasteiger partial charge in [0.05, 0.1) is 30.6 Å². The Morgan fingerprint density at radius 1 is 0.978 bits per heavy atom. The fraction of sp³-hybridized carbons (Fsp3) is 0.542. The largest absolute Gasteiger partial charge is 0.490 e. The van der Waals surface area contributed by atoms with Crippen LogP contribution in [-0.4, -0.2) is 98.0 Å². The Kier molecular flexibility index (Phi) is 14.6. The van der Waals surface area contributed by atoms with Crippen molar-refractivity contribution in [2.75, 3.05) is 19.7 Å². The number of pyridine rings is 1. The van der Waals surface area contributed by atoms with Gasteiger partial charge in [0.1, 0.15) is 5.01 Å². The van der Waals surface area contributed by atoms with E-state index in [9.17, 15) is 39.5 Å². The summed E-state index contributed by atoms with van der Waals surface area (Å²) in [5.41, 5.74) is 2.09. The molecule has 1 unspecified atom stereocenters. The Bertz CT molecular complexity index is 1180. The summed E-state index contributed by atoms with van der Waals surface area (Å²) in [6.45, 7) is 6.32. The van der Waals surface area contributed by atoms with Crippen molar-refractivity contribution >= 4 is 29.2 Å². The third-order valence-electron chi connectivity index (χ3n) is 5.42. The van der Waals surface area contributed by atoms with Gasteiger partial charge in [-0.15, -0.1) is 11.3 Å². The normalized spacial score (nSPS) is 17.7. The molecule has 4 heterocycles. The van der Waals surface area contributed by atoms with Crippen molar-refractivity contribution in [3.63, 3.8) is 0 Å². The van der Waals surface area contributed by atoms with E-state index in [1.54, 1.807) is 11.3 Å². The van der Waals surface area contributed by atoms with Crippen LogP contribution in [-0.2, 0) is 37.0 Å². The molecule has 0 aliphatic carbocycles. The lowest BCUT2D eigenvalue weighted by atomic mass is 9.84. The second-order valence-electron chi connectivity index (χ2n) is 9.21. The van der Waals surface area contributed by atoms with Gasteiger partial charge in [0.25, 0.3) is 0 Å². The van der Waals surface area contributed by atoms with E-state index in [2.05, 4.69) is 20.2 Å². The molecule has 11 nitrogen and oxygen atoms in total. The molecule has 45 heavy (non-hydrogen) atoms. The van der Waals surface area contributed by atoms with Gasteiger partial charge in [-0.3, -0.25) is 9.88 Å². The maximum absolute atomic E-state index is 10.6. The number of alkyl halides is 9. The van der Waals surface area contributed by atoms with Crippen LogP contribution in [0, 0.1) is 6.92 Å². The number of thiazole rings is 1. The molecule has 21 heteroatoms. The summed E-state index contributed by atoms with van der Waals surface area (Å²) < 4.78 is 107. The highest BCUT2D eigenvalue weighted by molar-refractivity contribution is 7.09. The molecule has 254 valence electrons. The third kappa shape index (κ3) is 15.3. The van der Waals surface area contributed by atoms with Gasteiger partial charge in [0.15, 0.2) is 0 Å². The molecule has 0 bridgehead atoms. The van der Waals surface area contributed by atoms with Gasteiger partial charge in [-0.1, -0.05) is 6.07 Å². The number of carboxylic acids is 3. The maximum atomic E-state index is 10.6. The van der Waals surface area contributed by atoms with E-state index < -0.39 is 36.4 Å². The van der Waals surface area contributed by atoms with E-state index in [0.717, 1.165) is 50.5 Å². The van der Waals surface area contributed by atoms with Gasteiger partial charge in [-0.25, -0.2) is 19.4 Å². The Labute approximate surface area is 252 Å². The van der Waals surface area contributed by atoms with Crippen molar-refractivity contribution in [3.8, 4) is 0 Å².